The Hall–Kier alpha value is -2.64. The molecule has 2 aliphatic heterocycles. The van der Waals surface area contributed by atoms with Crippen molar-refractivity contribution < 1.29 is 14.3 Å². The van der Waals surface area contributed by atoms with Gasteiger partial charge in [-0.3, -0.25) is 23.9 Å². The van der Waals surface area contributed by atoms with Gasteiger partial charge in [-0.2, -0.15) is 5.26 Å². The van der Waals surface area contributed by atoms with Gasteiger partial charge in [0.25, 0.3) is 11.5 Å². The van der Waals surface area contributed by atoms with Crippen LogP contribution in [0.3, 0.4) is 0 Å². The second-order valence-electron chi connectivity index (χ2n) is 10.1. The molecule has 0 bridgehead atoms. The maximum atomic E-state index is 13.5. The normalized spacial score (nSPS) is 18.6. The van der Waals surface area contributed by atoms with Crippen molar-refractivity contribution in [3.63, 3.8) is 0 Å². The van der Waals surface area contributed by atoms with Crippen LogP contribution in [-0.2, 0) is 20.9 Å². The summed E-state index contributed by atoms with van der Waals surface area (Å²) >= 11 is 6.82. The Labute approximate surface area is 241 Å². The number of anilines is 1. The van der Waals surface area contributed by atoms with Gasteiger partial charge in [0.1, 0.15) is 21.8 Å². The zero-order valence-corrected chi connectivity index (χ0v) is 25.2. The molecule has 0 spiro atoms. The zero-order valence-electron chi connectivity index (χ0n) is 23.6. The molecule has 1 aromatic heterocycles. The van der Waals surface area contributed by atoms with Gasteiger partial charge < -0.3 is 9.64 Å². The molecule has 1 atom stereocenters. The smallest absolute Gasteiger partial charge is 0.310 e. The van der Waals surface area contributed by atoms with E-state index in [9.17, 15) is 19.6 Å². The quantitative estimate of drug-likeness (QED) is 0.142. The second-order valence-corrected chi connectivity index (χ2v) is 11.8. The van der Waals surface area contributed by atoms with E-state index in [4.69, 9.17) is 17.0 Å². The third-order valence-corrected chi connectivity index (χ3v) is 8.68. The van der Waals surface area contributed by atoms with Gasteiger partial charge in [-0.25, -0.2) is 0 Å². The first-order valence-electron chi connectivity index (χ1n) is 14.1. The van der Waals surface area contributed by atoms with Crippen LogP contribution in [0.4, 0.5) is 5.82 Å². The Bertz CT molecular complexity index is 1220. The number of aromatic nitrogens is 1. The van der Waals surface area contributed by atoms with E-state index in [0.29, 0.717) is 59.0 Å². The van der Waals surface area contributed by atoms with Gasteiger partial charge in [0, 0.05) is 31.7 Å². The van der Waals surface area contributed by atoms with Gasteiger partial charge in [-0.1, -0.05) is 63.5 Å². The molecular formula is C29H40N4O4S2. The number of carbonyl (C=O) groups excluding carboxylic acids is 2. The molecule has 212 valence electrons. The number of rotatable bonds is 12. The average Bonchev–Trinajstić information content (AvgIpc) is 3.19. The summed E-state index contributed by atoms with van der Waals surface area (Å²) in [7, 11) is 0. The monoisotopic (exact) mass is 572 g/mol. The molecule has 3 heterocycles. The van der Waals surface area contributed by atoms with Crippen LogP contribution >= 0.6 is 24.0 Å². The minimum Gasteiger partial charge on any atom is -0.466 e. The molecule has 3 rings (SSSR count). The molecule has 1 aromatic rings. The van der Waals surface area contributed by atoms with Crippen LogP contribution in [0.15, 0.2) is 9.70 Å². The Morgan fingerprint density at radius 3 is 2.56 bits per heavy atom. The van der Waals surface area contributed by atoms with Gasteiger partial charge in [-0.15, -0.1) is 0 Å². The SMILES string of the molecule is CCCCCCN1C(=O)C(=Cc2c(C)c(C#N)c(=O)n(CCCC)c2N2CCCC(C(=O)OCC)C2)SC1=S. The summed E-state index contributed by atoms with van der Waals surface area (Å²) in [5.74, 6) is -0.0223. The Morgan fingerprint density at radius 2 is 1.90 bits per heavy atom. The lowest BCUT2D eigenvalue weighted by molar-refractivity contribution is -0.148. The summed E-state index contributed by atoms with van der Waals surface area (Å²) in [5.41, 5.74) is 0.947. The number of hydrogen-bond donors (Lipinski definition) is 0. The first-order valence-corrected chi connectivity index (χ1v) is 15.4. The third kappa shape index (κ3) is 7.12. The van der Waals surface area contributed by atoms with E-state index >= 15 is 0 Å². The topological polar surface area (TPSA) is 95.6 Å². The largest absolute Gasteiger partial charge is 0.466 e. The van der Waals surface area contributed by atoms with Crippen molar-refractivity contribution in [2.75, 3.05) is 31.1 Å². The zero-order chi connectivity index (χ0) is 28.5. The highest BCUT2D eigenvalue weighted by atomic mass is 32.2. The van der Waals surface area contributed by atoms with Crippen LogP contribution in [0.5, 0.6) is 0 Å². The molecule has 39 heavy (non-hydrogen) atoms. The van der Waals surface area contributed by atoms with Crippen LogP contribution in [0.25, 0.3) is 6.08 Å². The number of nitriles is 1. The number of amides is 1. The number of ether oxygens (including phenoxy) is 1. The molecule has 2 aliphatic rings. The lowest BCUT2D eigenvalue weighted by Crippen LogP contribution is -2.43. The van der Waals surface area contributed by atoms with Crippen molar-refractivity contribution in [3.8, 4) is 6.07 Å². The molecule has 1 amide bonds. The van der Waals surface area contributed by atoms with E-state index < -0.39 is 0 Å². The van der Waals surface area contributed by atoms with Gasteiger partial charge in [0.15, 0.2) is 0 Å². The minimum atomic E-state index is -0.336. The summed E-state index contributed by atoms with van der Waals surface area (Å²) in [6.07, 6.45) is 9.08. The van der Waals surface area contributed by atoms with Crippen molar-refractivity contribution in [3.05, 3.63) is 31.9 Å². The number of carbonyl (C=O) groups is 2. The molecule has 2 fully saturated rings. The molecule has 8 nitrogen and oxygen atoms in total. The Balaban J connectivity index is 2.11. The van der Waals surface area contributed by atoms with E-state index in [0.717, 1.165) is 51.4 Å². The number of hydrogen-bond acceptors (Lipinski definition) is 8. The van der Waals surface area contributed by atoms with Gasteiger partial charge in [0.2, 0.25) is 0 Å². The van der Waals surface area contributed by atoms with Gasteiger partial charge >= 0.3 is 5.97 Å². The van der Waals surface area contributed by atoms with Crippen LogP contribution in [0.1, 0.15) is 88.8 Å². The maximum Gasteiger partial charge on any atom is 0.310 e. The third-order valence-electron chi connectivity index (χ3n) is 7.31. The Kier molecular flexibility index (Phi) is 11.6. The van der Waals surface area contributed by atoms with Crippen LogP contribution in [0.2, 0.25) is 0 Å². The predicted octanol–water partition coefficient (Wildman–Crippen LogP) is 5.39. The molecule has 0 radical (unpaired) electrons. The average molecular weight is 573 g/mol. The lowest BCUT2D eigenvalue weighted by atomic mass is 9.96. The fourth-order valence-electron chi connectivity index (χ4n) is 5.15. The van der Waals surface area contributed by atoms with Crippen LogP contribution in [-0.4, -0.2) is 51.9 Å². The molecule has 1 unspecified atom stereocenters. The molecule has 10 heteroatoms. The number of unbranched alkanes of at least 4 members (excludes halogenated alkanes) is 4. The van der Waals surface area contributed by atoms with Crippen molar-refractivity contribution in [2.45, 2.75) is 85.6 Å². The summed E-state index contributed by atoms with van der Waals surface area (Å²) in [5, 5.41) is 9.93. The van der Waals surface area contributed by atoms with Crippen molar-refractivity contribution in [2.24, 2.45) is 5.92 Å². The maximum absolute atomic E-state index is 13.5. The first kappa shape index (κ1) is 30.9. The van der Waals surface area contributed by atoms with E-state index in [1.807, 2.05) is 0 Å². The fraction of sp³-hybridized carbons (Fsp3) is 0.621. The standard InChI is InChI=1S/C29H40N4O4S2/c1-5-8-10-11-16-33-27(35)24(39-29(33)38)17-22-20(4)23(18-30)26(34)32(15-9-6-2)25(22)31-14-12-13-21(19-31)28(36)37-7-3/h17,21H,5-16,19H2,1-4H3. The number of piperidine rings is 1. The number of pyridine rings is 1. The summed E-state index contributed by atoms with van der Waals surface area (Å²) in [6.45, 7) is 10.2. The number of thiocarbonyl (C=S) groups is 1. The number of esters is 1. The summed E-state index contributed by atoms with van der Waals surface area (Å²) in [6, 6.07) is 2.11. The summed E-state index contributed by atoms with van der Waals surface area (Å²) in [4.78, 5) is 43.8. The van der Waals surface area contributed by atoms with Crippen molar-refractivity contribution >= 4 is 52.1 Å². The van der Waals surface area contributed by atoms with Crippen molar-refractivity contribution in [1.29, 1.82) is 5.26 Å². The van der Waals surface area contributed by atoms with E-state index in [1.165, 1.54) is 11.8 Å². The molecule has 0 aromatic carbocycles. The predicted molar refractivity (Wildman–Crippen MR) is 161 cm³/mol. The van der Waals surface area contributed by atoms with E-state index in [2.05, 4.69) is 24.8 Å². The highest BCUT2D eigenvalue weighted by Crippen LogP contribution is 2.37. The highest BCUT2D eigenvalue weighted by Gasteiger charge is 2.34. The van der Waals surface area contributed by atoms with Gasteiger partial charge in [-0.05, 0) is 51.2 Å². The molecule has 2 saturated heterocycles. The van der Waals surface area contributed by atoms with Crippen LogP contribution < -0.4 is 10.5 Å². The van der Waals surface area contributed by atoms with E-state index in [1.54, 1.807) is 29.4 Å². The van der Waals surface area contributed by atoms with Crippen molar-refractivity contribution in [1.82, 2.24) is 9.47 Å². The first-order chi connectivity index (χ1) is 18.8. The fourth-order valence-corrected chi connectivity index (χ4v) is 6.44. The molecule has 0 saturated carbocycles. The Morgan fingerprint density at radius 1 is 1.15 bits per heavy atom. The summed E-state index contributed by atoms with van der Waals surface area (Å²) < 4.78 is 7.51. The number of nitrogens with zero attached hydrogens (tertiary/aromatic N) is 4. The molecule has 0 N–H and O–H groups in total. The van der Waals surface area contributed by atoms with Gasteiger partial charge in [0.05, 0.1) is 17.4 Å². The number of thioether (sulfide) groups is 1. The molecule has 0 aliphatic carbocycles. The van der Waals surface area contributed by atoms with E-state index in [-0.39, 0.29) is 28.9 Å². The highest BCUT2D eigenvalue weighted by molar-refractivity contribution is 8.26. The lowest BCUT2D eigenvalue weighted by Gasteiger charge is -2.36. The minimum absolute atomic E-state index is 0.0788. The second kappa shape index (κ2) is 14.7. The van der Waals surface area contributed by atoms with Crippen LogP contribution in [0, 0.1) is 24.2 Å². The molecular weight excluding hydrogens is 532 g/mol.